The van der Waals surface area contributed by atoms with Gasteiger partial charge in [-0.3, -0.25) is 0 Å². The molecule has 0 fully saturated rings. The third-order valence-electron chi connectivity index (χ3n) is 0.192. The van der Waals surface area contributed by atoms with Crippen LogP contribution in [0.4, 0.5) is 0 Å². The number of hydrogen-bond acceptors (Lipinski definition) is 2. The minimum Gasteiger partial charge on any atom is -0.890 e. The van der Waals surface area contributed by atoms with Crippen LogP contribution in [0.5, 0.6) is 0 Å². The molecule has 0 N–H and O–H groups in total. The van der Waals surface area contributed by atoms with Crippen molar-refractivity contribution in [2.24, 2.45) is 0 Å². The second-order valence-corrected chi connectivity index (χ2v) is 0.604. The molecule has 7 heavy (non-hydrogen) atoms. The van der Waals surface area contributed by atoms with Crippen LogP contribution in [-0.2, 0) is 0 Å². The Morgan fingerprint density at radius 1 is 1.29 bits per heavy atom. The molecular weight excluding hydrogens is 145 g/mol. The molecule has 0 aliphatic heterocycles. The van der Waals surface area contributed by atoms with Crippen LogP contribution in [0.3, 0.4) is 0 Å². The van der Waals surface area contributed by atoms with Crippen molar-refractivity contribution < 1.29 is 113 Å². The van der Waals surface area contributed by atoms with Gasteiger partial charge in [-0.15, -0.1) is 6.58 Å². The number of hydrogen-bond donors (Lipinski definition) is 0. The van der Waals surface area contributed by atoms with E-state index in [-0.39, 0.29) is 103 Å². The van der Waals surface area contributed by atoms with Crippen LogP contribution in [0.1, 0.15) is 0 Å². The molecule has 28 valence electrons. The maximum absolute atomic E-state index is 9.22. The fourth-order valence-corrected chi connectivity index (χ4v) is 0. The normalized spacial score (nSPS) is 4.86. The van der Waals surface area contributed by atoms with Crippen molar-refractivity contribution in [3.63, 3.8) is 0 Å². The van der Waals surface area contributed by atoms with E-state index >= 15 is 0 Å². The first-order chi connectivity index (χ1) is 2.27. The summed E-state index contributed by atoms with van der Waals surface area (Å²) in [6.45, 7) is 2.94. The smallest absolute Gasteiger partial charge is 0.890 e. The van der Waals surface area contributed by atoms with E-state index in [0.29, 0.717) is 0 Å². The summed E-state index contributed by atoms with van der Waals surface area (Å²) in [6, 6.07) is 0. The van der Waals surface area contributed by atoms with E-state index in [1.807, 2.05) is 0 Å². The van der Waals surface area contributed by atoms with Crippen LogP contribution in [0.2, 0.25) is 0 Å². The van der Waals surface area contributed by atoms with E-state index in [1.54, 1.807) is 0 Å². The molecule has 0 radical (unpaired) electrons. The quantitative estimate of drug-likeness (QED) is 0.347. The minimum atomic E-state index is -1.85. The molecule has 0 saturated heterocycles. The minimum absolute atomic E-state index is 0. The molecule has 0 amide bonds. The van der Waals surface area contributed by atoms with Gasteiger partial charge in [0.05, 0.1) is 0 Å². The van der Waals surface area contributed by atoms with Crippen LogP contribution >= 0.6 is 0 Å². The van der Waals surface area contributed by atoms with Gasteiger partial charge in [0.15, 0.2) is 0 Å². The largest absolute Gasteiger partial charge is 1.00 e. The molecule has 2 nitrogen and oxygen atoms in total. The Hall–Kier alpha value is 3.00. The Morgan fingerprint density at radius 2 is 1.43 bits per heavy atom. The molecule has 0 unspecified atom stereocenters. The standard InChI is InChI=1S/C2H3BO2.2K/c1-2-3(4)5;;/h2H,1H2;;/q-2;2*+1. The topological polar surface area (TPSA) is 46.1 Å². The molecule has 0 atom stereocenters. The summed E-state index contributed by atoms with van der Waals surface area (Å²) in [6.07, 6.45) is 0. The molecule has 0 aromatic rings. The predicted molar refractivity (Wildman–Crippen MR) is 16.0 cm³/mol. The van der Waals surface area contributed by atoms with E-state index in [0.717, 1.165) is 5.98 Å². The van der Waals surface area contributed by atoms with Crippen molar-refractivity contribution in [2.75, 3.05) is 0 Å². The monoisotopic (exact) mass is 148 g/mol. The van der Waals surface area contributed by atoms with E-state index in [4.69, 9.17) is 0 Å². The summed E-state index contributed by atoms with van der Waals surface area (Å²) >= 11 is 0. The second-order valence-electron chi connectivity index (χ2n) is 0.604. The van der Waals surface area contributed by atoms with Gasteiger partial charge in [-0.2, -0.15) is 5.98 Å². The third-order valence-corrected chi connectivity index (χ3v) is 0.192. The molecule has 0 bridgehead atoms. The Labute approximate surface area is 129 Å². The van der Waals surface area contributed by atoms with Crippen molar-refractivity contribution in [3.05, 3.63) is 12.6 Å². The summed E-state index contributed by atoms with van der Waals surface area (Å²) in [5.41, 5.74) is 0. The predicted octanol–water partition coefficient (Wildman–Crippen LogP) is -8.07. The Bertz CT molecular complexity index is 40.7. The van der Waals surface area contributed by atoms with Gasteiger partial charge in [0.25, 0.3) is 0 Å². The maximum atomic E-state index is 9.22. The third kappa shape index (κ3) is 17.6. The number of rotatable bonds is 1. The zero-order valence-electron chi connectivity index (χ0n) is 4.68. The van der Waals surface area contributed by atoms with Crippen molar-refractivity contribution in [1.82, 2.24) is 0 Å². The van der Waals surface area contributed by atoms with Gasteiger partial charge >= 0.3 is 103 Å². The molecule has 0 heterocycles. The Kier molecular flexibility index (Phi) is 27.8. The summed E-state index contributed by atoms with van der Waals surface area (Å²) < 4.78 is 0. The molecule has 5 heteroatoms. The van der Waals surface area contributed by atoms with Crippen LogP contribution in [0.15, 0.2) is 12.6 Å². The van der Waals surface area contributed by atoms with Gasteiger partial charge in [-0.1, -0.05) is 7.12 Å². The van der Waals surface area contributed by atoms with Gasteiger partial charge in [0.2, 0.25) is 0 Å². The SMILES string of the molecule is C=CB([O-])[O-].[K+].[K+]. The maximum Gasteiger partial charge on any atom is 1.00 e. The van der Waals surface area contributed by atoms with Gasteiger partial charge in [-0.05, 0) is 0 Å². The average molecular weight is 148 g/mol. The molecule has 0 saturated carbocycles. The van der Waals surface area contributed by atoms with E-state index < -0.39 is 7.12 Å². The Morgan fingerprint density at radius 3 is 1.43 bits per heavy atom. The summed E-state index contributed by atoms with van der Waals surface area (Å²) in [5.74, 6) is 0.806. The van der Waals surface area contributed by atoms with Gasteiger partial charge in [-0.25, -0.2) is 0 Å². The fourth-order valence-electron chi connectivity index (χ4n) is 0. The van der Waals surface area contributed by atoms with Crippen molar-refractivity contribution in [2.45, 2.75) is 0 Å². The van der Waals surface area contributed by atoms with Gasteiger partial charge < -0.3 is 10.0 Å². The van der Waals surface area contributed by atoms with Gasteiger partial charge in [0.1, 0.15) is 0 Å². The first-order valence-corrected chi connectivity index (χ1v) is 1.21. The van der Waals surface area contributed by atoms with Crippen LogP contribution in [-0.4, -0.2) is 7.12 Å². The summed E-state index contributed by atoms with van der Waals surface area (Å²) in [5, 5.41) is 18.4. The van der Waals surface area contributed by atoms with Crippen LogP contribution < -0.4 is 113 Å². The van der Waals surface area contributed by atoms with E-state index in [2.05, 4.69) is 6.58 Å². The zero-order chi connectivity index (χ0) is 4.28. The van der Waals surface area contributed by atoms with Crippen LogP contribution in [0.25, 0.3) is 0 Å². The molecule has 0 aromatic carbocycles. The van der Waals surface area contributed by atoms with Crippen LogP contribution in [0, 0.1) is 0 Å². The molecule has 0 spiro atoms. The molecule has 0 aliphatic rings. The average Bonchev–Trinajstić information content (AvgIpc) is 1.38. The van der Waals surface area contributed by atoms with E-state index in [9.17, 15) is 10.0 Å². The fraction of sp³-hybridized carbons (Fsp3) is 0. The Balaban J connectivity index is -0.0000000800. The summed E-state index contributed by atoms with van der Waals surface area (Å²) in [7, 11) is -1.85. The van der Waals surface area contributed by atoms with Crippen molar-refractivity contribution in [1.29, 1.82) is 0 Å². The zero-order valence-corrected chi connectivity index (χ0v) is 10.9. The molecule has 0 aliphatic carbocycles. The first kappa shape index (κ1) is 16.5. The van der Waals surface area contributed by atoms with Crippen molar-refractivity contribution in [3.8, 4) is 0 Å². The molecule has 0 rings (SSSR count). The second kappa shape index (κ2) is 11.8. The van der Waals surface area contributed by atoms with E-state index in [1.165, 1.54) is 0 Å². The van der Waals surface area contributed by atoms with Crippen molar-refractivity contribution >= 4 is 7.12 Å². The molecular formula is C2H3BK2O2. The first-order valence-electron chi connectivity index (χ1n) is 1.21. The molecule has 0 aromatic heterocycles. The summed E-state index contributed by atoms with van der Waals surface area (Å²) in [4.78, 5) is 0. The van der Waals surface area contributed by atoms with Gasteiger partial charge in [0, 0.05) is 0 Å².